The van der Waals surface area contributed by atoms with Crippen LogP contribution in [0.25, 0.3) is 0 Å². The molecule has 0 bridgehead atoms. The van der Waals surface area contributed by atoms with E-state index in [0.29, 0.717) is 36.2 Å². The third-order valence-electron chi connectivity index (χ3n) is 4.06. The van der Waals surface area contributed by atoms with E-state index in [2.05, 4.69) is 20.6 Å². The molecular weight excluding hydrogens is 360 g/mol. The van der Waals surface area contributed by atoms with Crippen LogP contribution >= 0.6 is 0 Å². The number of hydrogen-bond acceptors (Lipinski definition) is 7. The van der Waals surface area contributed by atoms with Crippen molar-refractivity contribution in [1.29, 1.82) is 0 Å². The third kappa shape index (κ3) is 3.96. The number of hydrogen-bond donors (Lipinski definition) is 2. The highest BCUT2D eigenvalue weighted by Crippen LogP contribution is 2.32. The molecule has 8 nitrogen and oxygen atoms in total. The van der Waals surface area contributed by atoms with Gasteiger partial charge >= 0.3 is 0 Å². The Bertz CT molecular complexity index is 992. The molecule has 1 aliphatic heterocycles. The van der Waals surface area contributed by atoms with Crippen LogP contribution in [-0.4, -0.2) is 36.2 Å². The summed E-state index contributed by atoms with van der Waals surface area (Å²) in [7, 11) is 1.61. The maximum Gasteiger partial charge on any atom is 0.274 e. The summed E-state index contributed by atoms with van der Waals surface area (Å²) in [5.74, 6) is 2.18. The number of nitrogens with one attached hydrogen (secondary N) is 2. The molecule has 8 heteroatoms. The predicted molar refractivity (Wildman–Crippen MR) is 104 cm³/mol. The van der Waals surface area contributed by atoms with Crippen molar-refractivity contribution < 1.29 is 19.0 Å². The molecule has 1 aliphatic rings. The van der Waals surface area contributed by atoms with Gasteiger partial charge in [-0.05, 0) is 36.4 Å². The van der Waals surface area contributed by atoms with Crippen molar-refractivity contribution in [3.63, 3.8) is 0 Å². The third-order valence-corrected chi connectivity index (χ3v) is 4.06. The Kier molecular flexibility index (Phi) is 4.92. The van der Waals surface area contributed by atoms with Gasteiger partial charge < -0.3 is 24.8 Å². The summed E-state index contributed by atoms with van der Waals surface area (Å²) in [4.78, 5) is 20.8. The number of rotatable bonds is 5. The number of carbonyl (C=O) groups is 1. The van der Waals surface area contributed by atoms with Gasteiger partial charge in [-0.15, -0.1) is 0 Å². The summed E-state index contributed by atoms with van der Waals surface area (Å²) >= 11 is 0. The van der Waals surface area contributed by atoms with Crippen LogP contribution in [0.2, 0.25) is 0 Å². The lowest BCUT2D eigenvalue weighted by atomic mass is 10.2. The Hall–Kier alpha value is -3.81. The molecule has 2 heterocycles. The molecule has 0 unspecified atom stereocenters. The maximum absolute atomic E-state index is 12.6. The SMILES string of the molecule is COc1ccc(Nc2cc(C(=O)Nc3ccc4c(c3)OCCO4)ncn2)cc1. The molecular formula is C20H18N4O4. The van der Waals surface area contributed by atoms with Crippen molar-refractivity contribution in [3.05, 3.63) is 60.6 Å². The van der Waals surface area contributed by atoms with Gasteiger partial charge in [-0.25, -0.2) is 9.97 Å². The smallest absolute Gasteiger partial charge is 0.274 e. The fourth-order valence-corrected chi connectivity index (χ4v) is 2.69. The van der Waals surface area contributed by atoms with Crippen molar-refractivity contribution >= 4 is 23.1 Å². The molecule has 0 fully saturated rings. The van der Waals surface area contributed by atoms with E-state index in [0.717, 1.165) is 11.4 Å². The minimum Gasteiger partial charge on any atom is -0.497 e. The van der Waals surface area contributed by atoms with E-state index in [1.54, 1.807) is 31.4 Å². The zero-order valence-corrected chi connectivity index (χ0v) is 15.1. The van der Waals surface area contributed by atoms with E-state index >= 15 is 0 Å². The van der Waals surface area contributed by atoms with E-state index in [-0.39, 0.29) is 11.6 Å². The first-order valence-electron chi connectivity index (χ1n) is 8.65. The summed E-state index contributed by atoms with van der Waals surface area (Å²) < 4.78 is 16.2. The van der Waals surface area contributed by atoms with E-state index < -0.39 is 0 Å². The van der Waals surface area contributed by atoms with Gasteiger partial charge in [0, 0.05) is 23.5 Å². The van der Waals surface area contributed by atoms with E-state index in [4.69, 9.17) is 14.2 Å². The van der Waals surface area contributed by atoms with Crippen LogP contribution in [0.1, 0.15) is 10.5 Å². The van der Waals surface area contributed by atoms with Crippen LogP contribution in [-0.2, 0) is 0 Å². The molecule has 0 saturated heterocycles. The molecule has 2 aromatic carbocycles. The molecule has 28 heavy (non-hydrogen) atoms. The van der Waals surface area contributed by atoms with E-state index in [9.17, 15) is 4.79 Å². The number of aromatic nitrogens is 2. The van der Waals surface area contributed by atoms with Crippen molar-refractivity contribution in [2.45, 2.75) is 0 Å². The van der Waals surface area contributed by atoms with Crippen LogP contribution < -0.4 is 24.8 Å². The van der Waals surface area contributed by atoms with Crippen LogP contribution in [0, 0.1) is 0 Å². The van der Waals surface area contributed by atoms with Crippen molar-refractivity contribution in [1.82, 2.24) is 9.97 Å². The molecule has 0 aliphatic carbocycles. The van der Waals surface area contributed by atoms with Gasteiger partial charge in [-0.2, -0.15) is 0 Å². The Labute approximate surface area is 161 Å². The number of nitrogens with zero attached hydrogens (tertiary/aromatic N) is 2. The highest BCUT2D eigenvalue weighted by molar-refractivity contribution is 6.03. The van der Waals surface area contributed by atoms with Gasteiger partial charge in [0.15, 0.2) is 11.5 Å². The highest BCUT2D eigenvalue weighted by atomic mass is 16.6. The van der Waals surface area contributed by atoms with E-state index in [1.165, 1.54) is 6.33 Å². The number of ether oxygens (including phenoxy) is 3. The van der Waals surface area contributed by atoms with Gasteiger partial charge in [0.1, 0.15) is 36.8 Å². The molecule has 0 atom stereocenters. The molecule has 0 saturated carbocycles. The zero-order chi connectivity index (χ0) is 19.3. The van der Waals surface area contributed by atoms with E-state index in [1.807, 2.05) is 24.3 Å². The first-order chi connectivity index (χ1) is 13.7. The number of benzene rings is 2. The quantitative estimate of drug-likeness (QED) is 0.704. The average molecular weight is 378 g/mol. The molecule has 1 aromatic heterocycles. The van der Waals surface area contributed by atoms with Crippen LogP contribution in [0.4, 0.5) is 17.2 Å². The normalized spacial score (nSPS) is 12.2. The van der Waals surface area contributed by atoms with Gasteiger partial charge in [0.25, 0.3) is 5.91 Å². The van der Waals surface area contributed by atoms with Crippen molar-refractivity contribution in [2.75, 3.05) is 31.0 Å². The van der Waals surface area contributed by atoms with Crippen LogP contribution in [0.5, 0.6) is 17.2 Å². The second-order valence-corrected chi connectivity index (χ2v) is 5.95. The van der Waals surface area contributed by atoms with Gasteiger partial charge in [-0.3, -0.25) is 4.79 Å². The fraction of sp³-hybridized carbons (Fsp3) is 0.150. The van der Waals surface area contributed by atoms with Gasteiger partial charge in [-0.1, -0.05) is 0 Å². The predicted octanol–water partition coefficient (Wildman–Crippen LogP) is 3.25. The standard InChI is InChI=1S/C20H18N4O4/c1-26-15-5-2-13(3-6-15)23-19-11-16(21-12-22-19)20(25)24-14-4-7-17-18(10-14)28-9-8-27-17/h2-7,10-12H,8-9H2,1H3,(H,24,25)(H,21,22,23). The Balaban J connectivity index is 1.46. The minimum absolute atomic E-state index is 0.237. The lowest BCUT2D eigenvalue weighted by molar-refractivity contribution is 0.102. The van der Waals surface area contributed by atoms with Gasteiger partial charge in [0.2, 0.25) is 0 Å². The van der Waals surface area contributed by atoms with Crippen LogP contribution in [0.3, 0.4) is 0 Å². The topological polar surface area (TPSA) is 94.6 Å². The molecule has 4 rings (SSSR count). The van der Waals surface area contributed by atoms with Crippen molar-refractivity contribution in [2.24, 2.45) is 0 Å². The minimum atomic E-state index is -0.350. The van der Waals surface area contributed by atoms with Crippen molar-refractivity contribution in [3.8, 4) is 17.2 Å². The number of anilines is 3. The second kappa shape index (κ2) is 7.83. The van der Waals surface area contributed by atoms with Gasteiger partial charge in [0.05, 0.1) is 7.11 Å². The lowest BCUT2D eigenvalue weighted by Gasteiger charge is -2.19. The average Bonchev–Trinajstić information content (AvgIpc) is 2.74. The Morgan fingerprint density at radius 3 is 2.50 bits per heavy atom. The number of fused-ring (bicyclic) bond motifs is 1. The Morgan fingerprint density at radius 1 is 0.964 bits per heavy atom. The zero-order valence-electron chi connectivity index (χ0n) is 15.1. The lowest BCUT2D eigenvalue weighted by Crippen LogP contribution is -2.17. The largest absolute Gasteiger partial charge is 0.497 e. The monoisotopic (exact) mass is 378 g/mol. The molecule has 0 radical (unpaired) electrons. The molecule has 142 valence electrons. The number of amides is 1. The summed E-state index contributed by atoms with van der Waals surface area (Å²) in [5, 5.41) is 5.94. The maximum atomic E-state index is 12.6. The summed E-state index contributed by atoms with van der Waals surface area (Å²) in [5.41, 5.74) is 1.65. The Morgan fingerprint density at radius 2 is 1.71 bits per heavy atom. The molecule has 3 aromatic rings. The molecule has 1 amide bonds. The summed E-state index contributed by atoms with van der Waals surface area (Å²) in [6.45, 7) is 1.00. The first-order valence-corrected chi connectivity index (χ1v) is 8.65. The number of carbonyl (C=O) groups excluding carboxylic acids is 1. The number of methoxy groups -OCH3 is 1. The first kappa shape index (κ1) is 17.6. The fourth-order valence-electron chi connectivity index (χ4n) is 2.69. The highest BCUT2D eigenvalue weighted by Gasteiger charge is 2.14. The second-order valence-electron chi connectivity index (χ2n) is 5.95. The summed E-state index contributed by atoms with van der Waals surface area (Å²) in [6.07, 6.45) is 1.34. The van der Waals surface area contributed by atoms with Crippen LogP contribution in [0.15, 0.2) is 54.9 Å². The molecule has 0 spiro atoms. The molecule has 2 N–H and O–H groups in total. The summed E-state index contributed by atoms with van der Waals surface area (Å²) in [6, 6.07) is 14.2.